The van der Waals surface area contributed by atoms with E-state index in [1.54, 1.807) is 14.2 Å². The van der Waals surface area contributed by atoms with Crippen LogP contribution in [-0.2, 0) is 19.0 Å². The average Bonchev–Trinajstić information content (AvgIpc) is 3.20. The lowest BCUT2D eigenvalue weighted by molar-refractivity contribution is -0.274. The van der Waals surface area contributed by atoms with Crippen molar-refractivity contribution in [3.63, 3.8) is 0 Å². The number of piperidine rings is 1. The van der Waals surface area contributed by atoms with Crippen molar-refractivity contribution in [3.05, 3.63) is 0 Å². The van der Waals surface area contributed by atoms with Gasteiger partial charge in [-0.2, -0.15) is 0 Å². The van der Waals surface area contributed by atoms with E-state index in [2.05, 4.69) is 11.8 Å². The van der Waals surface area contributed by atoms with Gasteiger partial charge in [0.25, 0.3) is 0 Å². The van der Waals surface area contributed by atoms with E-state index in [0.717, 1.165) is 38.8 Å². The Morgan fingerprint density at radius 1 is 1.22 bits per heavy atom. The van der Waals surface area contributed by atoms with Gasteiger partial charge in [0.15, 0.2) is 0 Å². The number of carbonyl (C=O) groups is 1. The summed E-state index contributed by atoms with van der Waals surface area (Å²) < 4.78 is 17.7. The molecule has 1 aliphatic heterocycles. The molecule has 0 aromatic carbocycles. The molecule has 180 valence electrons. The summed E-state index contributed by atoms with van der Waals surface area (Å²) in [6.45, 7) is 6.27. The highest BCUT2D eigenvalue weighted by Gasteiger charge is 2.83. The molecule has 2 N–H and O–H groups in total. The molecule has 1 spiro atoms. The van der Waals surface area contributed by atoms with E-state index >= 15 is 0 Å². The lowest BCUT2D eigenvalue weighted by Crippen LogP contribution is -2.76. The summed E-state index contributed by atoms with van der Waals surface area (Å²) in [4.78, 5) is 14.7. The Kier molecular flexibility index (Phi) is 4.70. The fourth-order valence-electron chi connectivity index (χ4n) is 10.7. The molecule has 7 nitrogen and oxygen atoms in total. The smallest absolute Gasteiger partial charge is 0.302 e. The number of likely N-dealkylation sites (tertiary alicyclic amines) is 1. The van der Waals surface area contributed by atoms with Crippen molar-refractivity contribution in [2.45, 2.75) is 75.9 Å². The van der Waals surface area contributed by atoms with Gasteiger partial charge in [0.1, 0.15) is 6.10 Å². The maximum atomic E-state index is 12.5. The highest BCUT2D eigenvalue weighted by Crippen LogP contribution is 2.79. The fraction of sp³-hybridized carbons (Fsp3) is 0.960. The van der Waals surface area contributed by atoms with E-state index in [1.807, 2.05) is 0 Å². The molecule has 0 aromatic rings. The molecule has 6 aliphatic rings. The summed E-state index contributed by atoms with van der Waals surface area (Å²) in [6.07, 6.45) is 3.27. The van der Waals surface area contributed by atoms with Gasteiger partial charge in [-0.3, -0.25) is 9.69 Å². The van der Waals surface area contributed by atoms with E-state index in [0.29, 0.717) is 18.9 Å². The third-order valence-electron chi connectivity index (χ3n) is 11.2. The number of aliphatic hydroxyl groups excluding tert-OH is 1. The number of nitrogens with zero attached hydrogens (tertiary/aromatic N) is 1. The van der Waals surface area contributed by atoms with Crippen LogP contribution in [0.4, 0.5) is 0 Å². The molecule has 0 aromatic heterocycles. The molecule has 1 saturated heterocycles. The van der Waals surface area contributed by atoms with Crippen LogP contribution in [0.5, 0.6) is 0 Å². The van der Waals surface area contributed by atoms with Crippen molar-refractivity contribution in [1.29, 1.82) is 0 Å². The van der Waals surface area contributed by atoms with Crippen molar-refractivity contribution < 1.29 is 29.2 Å². The maximum absolute atomic E-state index is 12.5. The zero-order valence-corrected chi connectivity index (χ0v) is 19.8. The van der Waals surface area contributed by atoms with Gasteiger partial charge >= 0.3 is 5.97 Å². The number of hydrogen-bond donors (Lipinski definition) is 2. The lowest BCUT2D eigenvalue weighted by atomic mass is 9.43. The number of methoxy groups -OCH3 is 2. The van der Waals surface area contributed by atoms with Gasteiger partial charge in [-0.25, -0.2) is 0 Å². The van der Waals surface area contributed by atoms with Gasteiger partial charge in [-0.15, -0.1) is 0 Å². The van der Waals surface area contributed by atoms with Crippen LogP contribution in [0, 0.1) is 40.4 Å². The minimum atomic E-state index is -0.942. The Bertz CT molecular complexity index is 807. The highest BCUT2D eigenvalue weighted by atomic mass is 16.5. The molecule has 5 saturated carbocycles. The minimum absolute atomic E-state index is 0.0138. The first-order valence-corrected chi connectivity index (χ1v) is 12.6. The first-order valence-electron chi connectivity index (χ1n) is 12.6. The highest BCUT2D eigenvalue weighted by molar-refractivity contribution is 5.66. The monoisotopic (exact) mass is 449 g/mol. The third-order valence-corrected chi connectivity index (χ3v) is 11.2. The van der Waals surface area contributed by atoms with Crippen molar-refractivity contribution in [2.24, 2.45) is 40.4 Å². The minimum Gasteiger partial charge on any atom is -0.462 e. The molecule has 1 heterocycles. The largest absolute Gasteiger partial charge is 0.462 e. The number of ether oxygens (including phenoxy) is 3. The molecule has 0 amide bonds. The molecule has 5 aliphatic carbocycles. The predicted molar refractivity (Wildman–Crippen MR) is 116 cm³/mol. The van der Waals surface area contributed by atoms with E-state index in [-0.39, 0.29) is 58.7 Å². The Labute approximate surface area is 190 Å². The second kappa shape index (κ2) is 6.91. The second-order valence-electron chi connectivity index (χ2n) is 11.8. The standard InChI is InChI=1S/C25H39NO6/c1-5-26-11-23(12-30-3)7-6-19(28)25-15-8-14-17(31-4)10-24(29,16(22(25)26)9-18(23)25)20(15)21(14)32-13(2)27/h14-22,28-29H,5-12H2,1-4H3/t14-,15-,16-,17-,18-,19+,20+,21-,22-,23-,24+,25+/m1/s1. The molecule has 6 fully saturated rings. The topological polar surface area (TPSA) is 88.5 Å². The number of rotatable bonds is 5. The van der Waals surface area contributed by atoms with E-state index in [1.165, 1.54) is 6.92 Å². The summed E-state index contributed by atoms with van der Waals surface area (Å²) in [5.41, 5.74) is -1.20. The predicted octanol–water partition coefficient (Wildman–Crippen LogP) is 1.45. The molecule has 32 heavy (non-hydrogen) atoms. The summed E-state index contributed by atoms with van der Waals surface area (Å²) in [6, 6.07) is 0.163. The number of esters is 1. The Hall–Kier alpha value is -0.730. The van der Waals surface area contributed by atoms with Crippen molar-refractivity contribution in [1.82, 2.24) is 4.90 Å². The number of hydrogen-bond acceptors (Lipinski definition) is 7. The van der Waals surface area contributed by atoms with Gasteiger partial charge in [-0.1, -0.05) is 6.92 Å². The molecule has 6 rings (SSSR count). The molecule has 7 bridgehead atoms. The zero-order chi connectivity index (χ0) is 22.6. The van der Waals surface area contributed by atoms with Crippen molar-refractivity contribution >= 4 is 5.97 Å². The number of aliphatic hydroxyl groups is 2. The SMILES string of the molecule is CCN1C[C@@]2(COC)CC[C@H](O)[C@]34[C@@H]5C[C@H]6[C@@H](OC(C)=O)[C@H]5[C@](O)(C[C@H]6OC)[C@H](C[C@H]23)[C@@H]14. The van der Waals surface area contributed by atoms with Crippen LogP contribution in [0.15, 0.2) is 0 Å². The Morgan fingerprint density at radius 3 is 2.66 bits per heavy atom. The quantitative estimate of drug-likeness (QED) is 0.614. The molecule has 0 unspecified atom stereocenters. The summed E-state index contributed by atoms with van der Waals surface area (Å²) in [5.74, 6) is 0.164. The first kappa shape index (κ1) is 21.8. The van der Waals surface area contributed by atoms with Gasteiger partial charge < -0.3 is 24.4 Å². The van der Waals surface area contributed by atoms with Crippen LogP contribution < -0.4 is 0 Å². The Balaban J connectivity index is 1.56. The molecule has 12 atom stereocenters. The lowest BCUT2D eigenvalue weighted by Gasteiger charge is -2.69. The van der Waals surface area contributed by atoms with Gasteiger partial charge in [0, 0.05) is 68.7 Å². The third kappa shape index (κ3) is 2.28. The summed E-state index contributed by atoms with van der Waals surface area (Å²) in [5, 5.41) is 24.4. The maximum Gasteiger partial charge on any atom is 0.302 e. The number of fused-ring (bicyclic) bond motifs is 2. The average molecular weight is 450 g/mol. The van der Waals surface area contributed by atoms with E-state index < -0.39 is 11.7 Å². The first-order chi connectivity index (χ1) is 15.3. The van der Waals surface area contributed by atoms with Crippen LogP contribution >= 0.6 is 0 Å². The zero-order valence-electron chi connectivity index (χ0n) is 19.8. The van der Waals surface area contributed by atoms with Crippen LogP contribution in [0.2, 0.25) is 0 Å². The van der Waals surface area contributed by atoms with Crippen LogP contribution in [0.25, 0.3) is 0 Å². The van der Waals surface area contributed by atoms with E-state index in [4.69, 9.17) is 14.2 Å². The van der Waals surface area contributed by atoms with Crippen LogP contribution in [-0.4, -0.2) is 85.0 Å². The molecular weight excluding hydrogens is 410 g/mol. The molecule has 0 radical (unpaired) electrons. The van der Waals surface area contributed by atoms with Gasteiger partial charge in [-0.05, 0) is 44.1 Å². The number of carbonyl (C=O) groups excluding carboxylic acids is 1. The van der Waals surface area contributed by atoms with Crippen molar-refractivity contribution in [3.8, 4) is 0 Å². The normalized spacial score (nSPS) is 57.5. The molecular formula is C25H39NO6. The Morgan fingerprint density at radius 2 is 2.00 bits per heavy atom. The second-order valence-corrected chi connectivity index (χ2v) is 11.8. The van der Waals surface area contributed by atoms with Gasteiger partial charge in [0.2, 0.25) is 0 Å². The van der Waals surface area contributed by atoms with Crippen molar-refractivity contribution in [2.75, 3.05) is 33.9 Å². The van der Waals surface area contributed by atoms with Crippen LogP contribution in [0.3, 0.4) is 0 Å². The summed E-state index contributed by atoms with van der Waals surface area (Å²) >= 11 is 0. The van der Waals surface area contributed by atoms with Crippen LogP contribution in [0.1, 0.15) is 46.0 Å². The summed E-state index contributed by atoms with van der Waals surface area (Å²) in [7, 11) is 3.51. The van der Waals surface area contributed by atoms with E-state index in [9.17, 15) is 15.0 Å². The van der Waals surface area contributed by atoms with Gasteiger partial charge in [0.05, 0.1) is 24.4 Å². The fourth-order valence-corrected chi connectivity index (χ4v) is 10.7. The molecule has 7 heteroatoms.